The van der Waals surface area contributed by atoms with Crippen LogP contribution in [-0.4, -0.2) is 15.2 Å². The summed E-state index contributed by atoms with van der Waals surface area (Å²) in [5, 5.41) is 1.58. The lowest BCUT2D eigenvalue weighted by Crippen LogP contribution is -2.14. The van der Waals surface area contributed by atoms with Crippen molar-refractivity contribution < 1.29 is 0 Å². The lowest BCUT2D eigenvalue weighted by atomic mass is 10.0. The van der Waals surface area contributed by atoms with E-state index in [9.17, 15) is 0 Å². The molecule has 1 fully saturated rings. The van der Waals surface area contributed by atoms with Gasteiger partial charge in [-0.15, -0.1) is 0 Å². The summed E-state index contributed by atoms with van der Waals surface area (Å²) in [6.45, 7) is 2.08. The summed E-state index contributed by atoms with van der Waals surface area (Å²) in [5.74, 6) is 0.596. The molecule has 14 heavy (non-hydrogen) atoms. The molecule has 0 atom stereocenters. The van der Waals surface area contributed by atoms with Crippen LogP contribution in [0.25, 0.3) is 0 Å². The fourth-order valence-corrected chi connectivity index (χ4v) is 2.56. The molecule has 1 aliphatic carbocycles. The molecule has 1 aliphatic rings. The van der Waals surface area contributed by atoms with E-state index in [1.807, 2.05) is 6.07 Å². The summed E-state index contributed by atoms with van der Waals surface area (Å²) >= 11 is 1.77. The first-order valence-electron chi connectivity index (χ1n) is 5.08. The smallest absolute Gasteiger partial charge is 0.190 e. The molecule has 0 aromatic carbocycles. The zero-order valence-corrected chi connectivity index (χ0v) is 9.18. The summed E-state index contributed by atoms with van der Waals surface area (Å²) in [4.78, 5) is 8.68. The van der Waals surface area contributed by atoms with Crippen molar-refractivity contribution in [1.29, 1.82) is 0 Å². The van der Waals surface area contributed by atoms with Gasteiger partial charge in [0.15, 0.2) is 5.16 Å². The molecule has 1 aromatic rings. The van der Waals surface area contributed by atoms with Crippen LogP contribution >= 0.6 is 11.8 Å². The molecule has 76 valence electrons. The highest BCUT2D eigenvalue weighted by molar-refractivity contribution is 7.99. The molecule has 4 heteroatoms. The third kappa shape index (κ3) is 2.18. The van der Waals surface area contributed by atoms with Gasteiger partial charge in [-0.3, -0.25) is 0 Å². The minimum Gasteiger partial charge on any atom is -0.384 e. The number of anilines is 1. The predicted octanol–water partition coefficient (Wildman–Crippen LogP) is 2.27. The average Bonchev–Trinajstić information content (AvgIpc) is 2.10. The third-order valence-corrected chi connectivity index (χ3v) is 3.66. The van der Waals surface area contributed by atoms with Crippen LogP contribution in [-0.2, 0) is 6.42 Å². The van der Waals surface area contributed by atoms with Gasteiger partial charge in [0, 0.05) is 17.0 Å². The van der Waals surface area contributed by atoms with Crippen molar-refractivity contribution in [2.45, 2.75) is 43.0 Å². The molecule has 0 unspecified atom stereocenters. The molecule has 0 amide bonds. The molecule has 2 N–H and O–H groups in total. The van der Waals surface area contributed by atoms with Crippen LogP contribution in [0.15, 0.2) is 11.2 Å². The van der Waals surface area contributed by atoms with E-state index in [1.165, 1.54) is 19.3 Å². The van der Waals surface area contributed by atoms with Gasteiger partial charge < -0.3 is 5.73 Å². The van der Waals surface area contributed by atoms with Crippen molar-refractivity contribution >= 4 is 17.6 Å². The summed E-state index contributed by atoms with van der Waals surface area (Å²) < 4.78 is 0. The van der Waals surface area contributed by atoms with Crippen LogP contribution in [0.5, 0.6) is 0 Å². The number of rotatable bonds is 3. The van der Waals surface area contributed by atoms with Crippen LogP contribution in [0.2, 0.25) is 0 Å². The molecule has 3 nitrogen and oxygen atoms in total. The van der Waals surface area contributed by atoms with Crippen molar-refractivity contribution in [2.75, 3.05) is 5.73 Å². The molecule has 0 spiro atoms. The Balaban J connectivity index is 2.11. The Labute approximate surface area is 88.5 Å². The zero-order valence-electron chi connectivity index (χ0n) is 8.36. The van der Waals surface area contributed by atoms with E-state index in [-0.39, 0.29) is 0 Å². The largest absolute Gasteiger partial charge is 0.384 e. The van der Waals surface area contributed by atoms with Crippen LogP contribution in [0, 0.1) is 0 Å². The maximum Gasteiger partial charge on any atom is 0.190 e. The molecular weight excluding hydrogens is 194 g/mol. The van der Waals surface area contributed by atoms with Crippen LogP contribution in [0.4, 0.5) is 5.82 Å². The Morgan fingerprint density at radius 2 is 2.29 bits per heavy atom. The molecule has 2 rings (SSSR count). The third-order valence-electron chi connectivity index (χ3n) is 2.47. The lowest BCUT2D eigenvalue weighted by molar-refractivity contribution is 0.521. The van der Waals surface area contributed by atoms with Gasteiger partial charge in [0.1, 0.15) is 5.82 Å². The van der Waals surface area contributed by atoms with E-state index in [0.717, 1.165) is 22.5 Å². The second-order valence-electron chi connectivity index (χ2n) is 3.59. The number of aromatic nitrogens is 2. The summed E-state index contributed by atoms with van der Waals surface area (Å²) in [7, 11) is 0. The molecule has 1 saturated carbocycles. The van der Waals surface area contributed by atoms with Crippen LogP contribution < -0.4 is 5.73 Å². The van der Waals surface area contributed by atoms with Crippen molar-refractivity contribution in [3.8, 4) is 0 Å². The number of thioether (sulfide) groups is 1. The molecule has 1 heterocycles. The van der Waals surface area contributed by atoms with E-state index in [1.54, 1.807) is 11.8 Å². The fraction of sp³-hybridized carbons (Fsp3) is 0.600. The van der Waals surface area contributed by atoms with E-state index >= 15 is 0 Å². The quantitative estimate of drug-likeness (QED) is 0.776. The number of hydrogen-bond acceptors (Lipinski definition) is 4. The van der Waals surface area contributed by atoms with E-state index in [2.05, 4.69) is 16.9 Å². The predicted molar refractivity (Wildman–Crippen MR) is 59.3 cm³/mol. The number of nitrogen functional groups attached to an aromatic ring is 1. The van der Waals surface area contributed by atoms with Gasteiger partial charge in [0.25, 0.3) is 0 Å². The maximum atomic E-state index is 5.71. The summed E-state index contributed by atoms with van der Waals surface area (Å²) in [5.41, 5.74) is 6.75. The standard InChI is InChI=1S/C10H15N3S/c1-2-7-6-9(11)13-10(12-7)14-8-4-3-5-8/h6,8H,2-5H2,1H3,(H2,11,12,13). The Hall–Kier alpha value is -0.770. The van der Waals surface area contributed by atoms with Crippen molar-refractivity contribution in [3.63, 3.8) is 0 Å². The normalized spacial score (nSPS) is 16.6. The minimum absolute atomic E-state index is 0.596. The van der Waals surface area contributed by atoms with Crippen LogP contribution in [0.1, 0.15) is 31.9 Å². The molecular formula is C10H15N3S. The first-order chi connectivity index (χ1) is 6.78. The van der Waals surface area contributed by atoms with Gasteiger partial charge in [0.05, 0.1) is 0 Å². The first kappa shape index (κ1) is 9.77. The summed E-state index contributed by atoms with van der Waals surface area (Å²) in [6.07, 6.45) is 4.86. The first-order valence-corrected chi connectivity index (χ1v) is 5.96. The van der Waals surface area contributed by atoms with E-state index in [0.29, 0.717) is 5.82 Å². The highest BCUT2D eigenvalue weighted by Crippen LogP contribution is 2.34. The van der Waals surface area contributed by atoms with Gasteiger partial charge in [-0.05, 0) is 19.3 Å². The fourth-order valence-electron chi connectivity index (χ4n) is 1.37. The highest BCUT2D eigenvalue weighted by Gasteiger charge is 2.20. The molecule has 0 saturated heterocycles. The highest BCUT2D eigenvalue weighted by atomic mass is 32.2. The number of nitrogens with zero attached hydrogens (tertiary/aromatic N) is 2. The Kier molecular flexibility index (Phi) is 2.91. The van der Waals surface area contributed by atoms with Gasteiger partial charge in [0.2, 0.25) is 0 Å². The van der Waals surface area contributed by atoms with E-state index < -0.39 is 0 Å². The van der Waals surface area contributed by atoms with Gasteiger partial charge >= 0.3 is 0 Å². The maximum absolute atomic E-state index is 5.71. The Bertz CT molecular complexity index is 323. The van der Waals surface area contributed by atoms with Crippen LogP contribution in [0.3, 0.4) is 0 Å². The SMILES string of the molecule is CCc1cc(N)nc(SC2CCC2)n1. The van der Waals surface area contributed by atoms with Gasteiger partial charge in [-0.2, -0.15) is 0 Å². The Morgan fingerprint density at radius 3 is 2.86 bits per heavy atom. The van der Waals surface area contributed by atoms with E-state index in [4.69, 9.17) is 5.73 Å². The molecule has 1 aromatic heterocycles. The topological polar surface area (TPSA) is 51.8 Å². The van der Waals surface area contributed by atoms with Crippen molar-refractivity contribution in [2.24, 2.45) is 0 Å². The van der Waals surface area contributed by atoms with Crippen molar-refractivity contribution in [1.82, 2.24) is 9.97 Å². The lowest BCUT2D eigenvalue weighted by Gasteiger charge is -2.23. The summed E-state index contributed by atoms with van der Waals surface area (Å²) in [6, 6.07) is 1.85. The zero-order chi connectivity index (χ0) is 9.97. The average molecular weight is 209 g/mol. The number of hydrogen-bond donors (Lipinski definition) is 1. The number of aryl methyl sites for hydroxylation is 1. The van der Waals surface area contributed by atoms with Crippen molar-refractivity contribution in [3.05, 3.63) is 11.8 Å². The Morgan fingerprint density at radius 1 is 1.50 bits per heavy atom. The molecule has 0 radical (unpaired) electrons. The van der Waals surface area contributed by atoms with Gasteiger partial charge in [-0.25, -0.2) is 9.97 Å². The van der Waals surface area contributed by atoms with Gasteiger partial charge in [-0.1, -0.05) is 25.1 Å². The second kappa shape index (κ2) is 4.17. The minimum atomic E-state index is 0.596. The molecule has 0 bridgehead atoms. The molecule has 0 aliphatic heterocycles. The second-order valence-corrected chi connectivity index (χ2v) is 4.86. The monoisotopic (exact) mass is 209 g/mol. The number of nitrogens with two attached hydrogens (primary N) is 1.